The highest BCUT2D eigenvalue weighted by Gasteiger charge is 2.56. The van der Waals surface area contributed by atoms with E-state index in [-0.39, 0.29) is 11.3 Å². The standard InChI is InChI=1S/C31H28FN3O8/c1-41-27-15-25-23(14-24(27)28(38)42-17-21(37)16-36)26(10-13-33-25)43-22-8-6-20(7-9-22)35-30(40)31(11-12-31)29(39)34-19-4-2-18(32)3-5-19/h2-10,13-15,21,36-37H,11-12,16-17H2,1H3,(H,34,39)(H,35,40). The number of rotatable bonds is 11. The number of nitrogens with zero attached hydrogens (tertiary/aromatic N) is 1. The topological polar surface area (TPSA) is 156 Å². The van der Waals surface area contributed by atoms with Crippen LogP contribution in [-0.2, 0) is 14.3 Å². The number of halogens is 1. The maximum atomic E-state index is 13.2. The summed E-state index contributed by atoms with van der Waals surface area (Å²) in [4.78, 5) is 42.8. The molecule has 5 rings (SSSR count). The molecule has 0 saturated heterocycles. The lowest BCUT2D eigenvalue weighted by Crippen LogP contribution is -2.35. The smallest absolute Gasteiger partial charge is 0.342 e. The molecule has 1 aliphatic carbocycles. The summed E-state index contributed by atoms with van der Waals surface area (Å²) < 4.78 is 29.6. The molecule has 0 bridgehead atoms. The number of amides is 2. The quantitative estimate of drug-likeness (QED) is 0.150. The van der Waals surface area contributed by atoms with Crippen LogP contribution in [0.15, 0.2) is 72.9 Å². The maximum Gasteiger partial charge on any atom is 0.342 e. The second-order valence-corrected chi connectivity index (χ2v) is 9.94. The van der Waals surface area contributed by atoms with Gasteiger partial charge in [-0.1, -0.05) is 0 Å². The van der Waals surface area contributed by atoms with Gasteiger partial charge in [-0.3, -0.25) is 14.6 Å². The van der Waals surface area contributed by atoms with Crippen molar-refractivity contribution in [2.24, 2.45) is 5.41 Å². The van der Waals surface area contributed by atoms with Crippen LogP contribution in [0.3, 0.4) is 0 Å². The number of anilines is 2. The molecule has 4 N–H and O–H groups in total. The third kappa shape index (κ3) is 6.55. The van der Waals surface area contributed by atoms with E-state index in [0.717, 1.165) is 0 Å². The van der Waals surface area contributed by atoms with Crippen LogP contribution in [-0.4, -0.2) is 59.4 Å². The lowest BCUT2D eigenvalue weighted by atomic mass is 10.0. The summed E-state index contributed by atoms with van der Waals surface area (Å²) in [5.74, 6) is -1.08. The van der Waals surface area contributed by atoms with Crippen molar-refractivity contribution in [3.05, 3.63) is 84.3 Å². The number of carbonyl (C=O) groups is 3. The Morgan fingerprint density at radius 1 is 0.953 bits per heavy atom. The van der Waals surface area contributed by atoms with Crippen LogP contribution in [0.2, 0.25) is 0 Å². The van der Waals surface area contributed by atoms with Crippen molar-refractivity contribution in [1.82, 2.24) is 4.98 Å². The molecular formula is C31H28FN3O8. The average Bonchev–Trinajstić information content (AvgIpc) is 3.84. The van der Waals surface area contributed by atoms with Crippen LogP contribution in [0, 0.1) is 11.2 Å². The second kappa shape index (κ2) is 12.4. The second-order valence-electron chi connectivity index (χ2n) is 9.94. The summed E-state index contributed by atoms with van der Waals surface area (Å²) in [6.45, 7) is -0.948. The highest BCUT2D eigenvalue weighted by atomic mass is 19.1. The minimum atomic E-state index is -1.21. The molecule has 0 spiro atoms. The van der Waals surface area contributed by atoms with Gasteiger partial charge in [-0.05, 0) is 73.5 Å². The van der Waals surface area contributed by atoms with E-state index in [1.54, 1.807) is 36.4 Å². The van der Waals surface area contributed by atoms with Crippen LogP contribution >= 0.6 is 0 Å². The minimum absolute atomic E-state index is 0.0773. The van der Waals surface area contributed by atoms with Gasteiger partial charge in [0.15, 0.2) is 0 Å². The lowest BCUT2D eigenvalue weighted by molar-refractivity contribution is -0.131. The number of carbonyl (C=O) groups excluding carboxylic acids is 3. The largest absolute Gasteiger partial charge is 0.496 e. The van der Waals surface area contributed by atoms with Gasteiger partial charge in [0.1, 0.15) is 46.8 Å². The Morgan fingerprint density at radius 2 is 1.58 bits per heavy atom. The van der Waals surface area contributed by atoms with Gasteiger partial charge in [0.05, 0.1) is 19.2 Å². The maximum absolute atomic E-state index is 13.2. The molecule has 0 aliphatic heterocycles. The molecule has 1 saturated carbocycles. The molecule has 1 atom stereocenters. The zero-order valence-electron chi connectivity index (χ0n) is 23.0. The first-order valence-corrected chi connectivity index (χ1v) is 13.3. The van der Waals surface area contributed by atoms with E-state index in [2.05, 4.69) is 15.6 Å². The summed E-state index contributed by atoms with van der Waals surface area (Å²) in [6.07, 6.45) is 1.11. The van der Waals surface area contributed by atoms with E-state index in [4.69, 9.17) is 19.3 Å². The number of benzene rings is 3. The number of aliphatic hydroxyl groups is 2. The molecule has 3 aromatic carbocycles. The van der Waals surface area contributed by atoms with E-state index >= 15 is 0 Å². The van der Waals surface area contributed by atoms with Gasteiger partial charge in [0, 0.05) is 29.0 Å². The number of aliphatic hydroxyl groups excluding tert-OH is 2. The van der Waals surface area contributed by atoms with Crippen molar-refractivity contribution in [3.63, 3.8) is 0 Å². The summed E-state index contributed by atoms with van der Waals surface area (Å²) in [5, 5.41) is 24.4. The lowest BCUT2D eigenvalue weighted by Gasteiger charge is -2.16. The predicted octanol–water partition coefficient (Wildman–Crippen LogP) is 4.04. The highest BCUT2D eigenvalue weighted by Crippen LogP contribution is 2.47. The Labute approximate surface area is 245 Å². The van der Waals surface area contributed by atoms with Gasteiger partial charge in [0.25, 0.3) is 0 Å². The SMILES string of the molecule is COc1cc2nccc(Oc3ccc(NC(=O)C4(C(=O)Nc5ccc(F)cc5)CC4)cc3)c2cc1C(=O)OCC(O)CO. The summed E-state index contributed by atoms with van der Waals surface area (Å²) in [6, 6.07) is 16.5. The highest BCUT2D eigenvalue weighted by molar-refractivity contribution is 6.16. The summed E-state index contributed by atoms with van der Waals surface area (Å²) in [5.41, 5.74) is 0.221. The van der Waals surface area contributed by atoms with Crippen molar-refractivity contribution in [2.75, 3.05) is 31.0 Å². The van der Waals surface area contributed by atoms with Crippen molar-refractivity contribution in [1.29, 1.82) is 0 Å². The van der Waals surface area contributed by atoms with Crippen LogP contribution in [0.25, 0.3) is 10.9 Å². The number of pyridine rings is 1. The Balaban J connectivity index is 1.28. The molecule has 222 valence electrons. The first kappa shape index (κ1) is 29.4. The van der Waals surface area contributed by atoms with Crippen molar-refractivity contribution >= 4 is 40.1 Å². The van der Waals surface area contributed by atoms with Gasteiger partial charge in [-0.2, -0.15) is 0 Å². The Kier molecular flexibility index (Phi) is 8.51. The molecule has 43 heavy (non-hydrogen) atoms. The number of esters is 1. The van der Waals surface area contributed by atoms with Crippen LogP contribution < -0.4 is 20.1 Å². The fourth-order valence-corrected chi connectivity index (χ4v) is 4.32. The molecule has 0 radical (unpaired) electrons. The molecule has 1 aromatic heterocycles. The zero-order valence-corrected chi connectivity index (χ0v) is 23.0. The normalized spacial score (nSPS) is 14.0. The van der Waals surface area contributed by atoms with E-state index in [9.17, 15) is 23.9 Å². The van der Waals surface area contributed by atoms with Crippen molar-refractivity contribution in [2.45, 2.75) is 18.9 Å². The van der Waals surface area contributed by atoms with Gasteiger partial charge in [0.2, 0.25) is 11.8 Å². The third-order valence-corrected chi connectivity index (χ3v) is 6.92. The molecule has 1 aliphatic rings. The molecular weight excluding hydrogens is 561 g/mol. The van der Waals surface area contributed by atoms with Crippen LogP contribution in [0.4, 0.5) is 15.8 Å². The van der Waals surface area contributed by atoms with E-state index < -0.39 is 48.3 Å². The number of fused-ring (bicyclic) bond motifs is 1. The van der Waals surface area contributed by atoms with Crippen LogP contribution in [0.5, 0.6) is 17.2 Å². The molecule has 1 heterocycles. The monoisotopic (exact) mass is 589 g/mol. The fraction of sp³-hybridized carbons (Fsp3) is 0.226. The first-order valence-electron chi connectivity index (χ1n) is 13.3. The van der Waals surface area contributed by atoms with E-state index in [1.165, 1.54) is 43.6 Å². The van der Waals surface area contributed by atoms with Crippen molar-refractivity contribution in [3.8, 4) is 17.2 Å². The summed E-state index contributed by atoms with van der Waals surface area (Å²) in [7, 11) is 1.39. The molecule has 1 fully saturated rings. The number of aromatic nitrogens is 1. The average molecular weight is 590 g/mol. The number of ether oxygens (including phenoxy) is 3. The molecule has 12 heteroatoms. The van der Waals surface area contributed by atoms with E-state index in [1.807, 2.05) is 0 Å². The van der Waals surface area contributed by atoms with Gasteiger partial charge < -0.3 is 35.1 Å². The zero-order chi connectivity index (χ0) is 30.6. The predicted molar refractivity (Wildman–Crippen MR) is 154 cm³/mol. The molecule has 4 aromatic rings. The summed E-state index contributed by atoms with van der Waals surface area (Å²) >= 11 is 0. The van der Waals surface area contributed by atoms with Crippen LogP contribution in [0.1, 0.15) is 23.2 Å². The number of methoxy groups -OCH3 is 1. The van der Waals surface area contributed by atoms with Gasteiger partial charge in [-0.25, -0.2) is 9.18 Å². The van der Waals surface area contributed by atoms with E-state index in [0.29, 0.717) is 46.6 Å². The Hall–Kier alpha value is -5.07. The molecule has 1 unspecified atom stereocenters. The van der Waals surface area contributed by atoms with Gasteiger partial charge >= 0.3 is 5.97 Å². The number of hydrogen-bond acceptors (Lipinski definition) is 9. The minimum Gasteiger partial charge on any atom is -0.496 e. The first-order chi connectivity index (χ1) is 20.7. The number of hydrogen-bond donors (Lipinski definition) is 4. The van der Waals surface area contributed by atoms with Crippen molar-refractivity contribution < 1.29 is 43.2 Å². The number of nitrogens with one attached hydrogen (secondary N) is 2. The van der Waals surface area contributed by atoms with Gasteiger partial charge in [-0.15, -0.1) is 0 Å². The fourth-order valence-electron chi connectivity index (χ4n) is 4.32. The molecule has 11 nitrogen and oxygen atoms in total. The Morgan fingerprint density at radius 3 is 2.16 bits per heavy atom. The Bertz CT molecular complexity index is 1660. The third-order valence-electron chi connectivity index (χ3n) is 6.92. The molecule has 2 amide bonds.